The molecule has 0 fully saturated rings. The second kappa shape index (κ2) is 12.5. The highest BCUT2D eigenvalue weighted by molar-refractivity contribution is 6.39. The molecule has 3 aromatic rings. The van der Waals surface area contributed by atoms with Crippen LogP contribution in [0.5, 0.6) is 5.75 Å². The molecule has 0 spiro atoms. The summed E-state index contributed by atoms with van der Waals surface area (Å²) in [6, 6.07) is 21.5. The zero-order valence-corrected chi connectivity index (χ0v) is 18.2. The summed E-state index contributed by atoms with van der Waals surface area (Å²) in [5.74, 6) is -2.08. The van der Waals surface area contributed by atoms with E-state index >= 15 is 0 Å². The van der Waals surface area contributed by atoms with Crippen molar-refractivity contribution in [2.75, 3.05) is 18.5 Å². The highest BCUT2D eigenvalue weighted by Gasteiger charge is 2.12. The predicted octanol–water partition coefficient (Wildman–Crippen LogP) is 2.65. The van der Waals surface area contributed by atoms with Gasteiger partial charge in [-0.05, 0) is 66.1 Å². The van der Waals surface area contributed by atoms with Gasteiger partial charge in [0.25, 0.3) is 5.91 Å². The molecule has 3 aromatic carbocycles. The van der Waals surface area contributed by atoms with Crippen molar-refractivity contribution in [3.05, 3.63) is 95.8 Å². The average molecular weight is 462 g/mol. The van der Waals surface area contributed by atoms with Gasteiger partial charge in [-0.1, -0.05) is 30.3 Å². The van der Waals surface area contributed by atoms with Crippen LogP contribution in [0.15, 0.2) is 84.0 Å². The fourth-order valence-electron chi connectivity index (χ4n) is 2.78. The largest absolute Gasteiger partial charge is 0.484 e. The maximum atomic E-state index is 12.9. The number of hydrazone groups is 1. The lowest BCUT2D eigenvalue weighted by atomic mass is 10.1. The molecular weight excluding hydrogens is 439 g/mol. The summed E-state index contributed by atoms with van der Waals surface area (Å²) in [6.07, 6.45) is 2.09. The van der Waals surface area contributed by atoms with Gasteiger partial charge in [0.05, 0.1) is 6.21 Å². The predicted molar refractivity (Wildman–Crippen MR) is 126 cm³/mol. The smallest absolute Gasteiger partial charge is 0.329 e. The number of halogens is 1. The summed E-state index contributed by atoms with van der Waals surface area (Å²) in [5.41, 5.74) is 4.17. The van der Waals surface area contributed by atoms with Crippen LogP contribution < -0.4 is 20.8 Å². The van der Waals surface area contributed by atoms with Crippen molar-refractivity contribution < 1.29 is 23.5 Å². The van der Waals surface area contributed by atoms with E-state index in [0.29, 0.717) is 17.9 Å². The molecule has 0 unspecified atom stereocenters. The minimum absolute atomic E-state index is 0.110. The minimum atomic E-state index is -0.973. The van der Waals surface area contributed by atoms with E-state index < -0.39 is 17.6 Å². The monoisotopic (exact) mass is 462 g/mol. The summed E-state index contributed by atoms with van der Waals surface area (Å²) < 4.78 is 18.3. The number of carbonyl (C=O) groups excluding carboxylic acids is 3. The molecule has 0 radical (unpaired) electrons. The number of nitrogens with zero attached hydrogens (tertiary/aromatic N) is 1. The van der Waals surface area contributed by atoms with Crippen LogP contribution in [0.1, 0.15) is 11.1 Å². The Morgan fingerprint density at radius 3 is 2.29 bits per heavy atom. The van der Waals surface area contributed by atoms with Gasteiger partial charge in [0.2, 0.25) is 0 Å². The summed E-state index contributed by atoms with van der Waals surface area (Å²) in [6.45, 7) is 0.413. The number of nitrogens with one attached hydrogen (secondary N) is 3. The van der Waals surface area contributed by atoms with E-state index in [2.05, 4.69) is 21.2 Å². The fraction of sp³-hybridized carbons (Fsp3) is 0.120. The second-order valence-corrected chi connectivity index (χ2v) is 7.10. The first kappa shape index (κ1) is 24.1. The lowest BCUT2D eigenvalue weighted by molar-refractivity contribution is -0.136. The summed E-state index contributed by atoms with van der Waals surface area (Å²) in [4.78, 5) is 35.5. The number of benzene rings is 3. The topological polar surface area (TPSA) is 109 Å². The van der Waals surface area contributed by atoms with E-state index in [-0.39, 0.29) is 18.2 Å². The number of hydrogen-bond acceptors (Lipinski definition) is 5. The van der Waals surface area contributed by atoms with Crippen LogP contribution in [-0.2, 0) is 20.8 Å². The van der Waals surface area contributed by atoms with Gasteiger partial charge < -0.3 is 15.4 Å². The molecule has 0 atom stereocenters. The van der Waals surface area contributed by atoms with Crippen molar-refractivity contribution in [1.82, 2.24) is 10.7 Å². The Labute approximate surface area is 195 Å². The van der Waals surface area contributed by atoms with E-state index in [1.54, 1.807) is 24.3 Å². The molecular formula is C25H23FN4O4. The summed E-state index contributed by atoms with van der Waals surface area (Å²) in [7, 11) is 0. The van der Waals surface area contributed by atoms with E-state index in [1.165, 1.54) is 18.3 Å². The highest BCUT2D eigenvalue weighted by atomic mass is 19.1. The van der Waals surface area contributed by atoms with Gasteiger partial charge in [0, 0.05) is 12.2 Å². The molecule has 0 aliphatic heterocycles. The molecule has 174 valence electrons. The second-order valence-electron chi connectivity index (χ2n) is 7.10. The maximum Gasteiger partial charge on any atom is 0.329 e. The molecule has 0 saturated heterocycles. The van der Waals surface area contributed by atoms with Crippen LogP contribution >= 0.6 is 0 Å². The molecule has 3 amide bonds. The molecule has 0 aliphatic carbocycles. The van der Waals surface area contributed by atoms with Crippen LogP contribution in [0.3, 0.4) is 0 Å². The third-order valence-corrected chi connectivity index (χ3v) is 4.52. The Balaban J connectivity index is 1.36. The first-order valence-corrected chi connectivity index (χ1v) is 10.4. The van der Waals surface area contributed by atoms with Crippen molar-refractivity contribution in [3.8, 4) is 5.75 Å². The Bertz CT molecular complexity index is 1130. The molecule has 0 aromatic heterocycles. The lowest BCUT2D eigenvalue weighted by Crippen LogP contribution is -2.32. The Hall–Kier alpha value is -4.53. The van der Waals surface area contributed by atoms with Crippen molar-refractivity contribution in [3.63, 3.8) is 0 Å². The third kappa shape index (κ3) is 8.19. The van der Waals surface area contributed by atoms with Crippen LogP contribution in [0, 0.1) is 5.82 Å². The summed E-state index contributed by atoms with van der Waals surface area (Å²) in [5, 5.41) is 8.86. The van der Waals surface area contributed by atoms with Gasteiger partial charge in [-0.15, -0.1) is 0 Å². The van der Waals surface area contributed by atoms with E-state index in [0.717, 1.165) is 24.1 Å². The number of ether oxygens (including phenoxy) is 1. The van der Waals surface area contributed by atoms with E-state index in [1.807, 2.05) is 30.3 Å². The van der Waals surface area contributed by atoms with Crippen LogP contribution in [0.4, 0.5) is 10.1 Å². The average Bonchev–Trinajstić information content (AvgIpc) is 2.85. The van der Waals surface area contributed by atoms with Gasteiger partial charge in [-0.3, -0.25) is 14.4 Å². The first-order valence-electron chi connectivity index (χ1n) is 10.4. The van der Waals surface area contributed by atoms with Gasteiger partial charge in [-0.2, -0.15) is 5.10 Å². The van der Waals surface area contributed by atoms with Gasteiger partial charge in [0.1, 0.15) is 11.6 Å². The number of anilines is 1. The number of carbonyl (C=O) groups is 3. The first-order chi connectivity index (χ1) is 16.5. The maximum absolute atomic E-state index is 12.9. The molecule has 0 saturated carbocycles. The van der Waals surface area contributed by atoms with Crippen LogP contribution in [0.25, 0.3) is 0 Å². The van der Waals surface area contributed by atoms with Crippen molar-refractivity contribution >= 4 is 29.6 Å². The van der Waals surface area contributed by atoms with E-state index in [9.17, 15) is 18.8 Å². The van der Waals surface area contributed by atoms with Gasteiger partial charge in [0.15, 0.2) is 6.61 Å². The lowest BCUT2D eigenvalue weighted by Gasteiger charge is -2.08. The quantitative estimate of drug-likeness (QED) is 0.258. The fourth-order valence-corrected chi connectivity index (χ4v) is 2.78. The number of rotatable bonds is 9. The van der Waals surface area contributed by atoms with Crippen molar-refractivity contribution in [1.29, 1.82) is 0 Å². The molecule has 34 heavy (non-hydrogen) atoms. The molecule has 0 bridgehead atoms. The number of amides is 3. The highest BCUT2D eigenvalue weighted by Crippen LogP contribution is 2.11. The van der Waals surface area contributed by atoms with E-state index in [4.69, 9.17) is 4.74 Å². The normalized spacial score (nSPS) is 10.5. The van der Waals surface area contributed by atoms with Crippen LogP contribution in [-0.4, -0.2) is 37.1 Å². The molecule has 9 heteroatoms. The third-order valence-electron chi connectivity index (χ3n) is 4.52. The van der Waals surface area contributed by atoms with Gasteiger partial charge >= 0.3 is 11.8 Å². The summed E-state index contributed by atoms with van der Waals surface area (Å²) >= 11 is 0. The Kier molecular flexibility index (Phi) is 8.86. The molecule has 8 nitrogen and oxygen atoms in total. The number of hydrogen-bond donors (Lipinski definition) is 3. The molecule has 3 rings (SSSR count). The minimum Gasteiger partial charge on any atom is -0.484 e. The van der Waals surface area contributed by atoms with Crippen LogP contribution in [0.2, 0.25) is 0 Å². The zero-order valence-electron chi connectivity index (χ0n) is 18.2. The van der Waals surface area contributed by atoms with Crippen molar-refractivity contribution in [2.45, 2.75) is 6.42 Å². The molecule has 3 N–H and O–H groups in total. The van der Waals surface area contributed by atoms with Crippen molar-refractivity contribution in [2.24, 2.45) is 5.10 Å². The van der Waals surface area contributed by atoms with Gasteiger partial charge in [-0.25, -0.2) is 9.82 Å². The zero-order chi connectivity index (χ0) is 24.2. The molecule has 0 aliphatic rings. The molecule has 0 heterocycles. The Morgan fingerprint density at radius 1 is 0.882 bits per heavy atom. The standard InChI is InChI=1S/C25H23FN4O4/c26-20-8-10-21(11-9-20)29-24(32)25(33)30-28-16-19-6-12-22(13-7-19)34-17-23(31)27-15-14-18-4-2-1-3-5-18/h1-13,16H,14-15,17H2,(H,27,31)(H,29,32)(H,30,33)/b28-16-. The SMILES string of the molecule is O=C(COc1ccc(/C=N\NC(=O)C(=O)Nc2ccc(F)cc2)cc1)NCCc1ccccc1. The Morgan fingerprint density at radius 2 is 1.59 bits per heavy atom.